The largest absolute Gasteiger partial charge is 0.384 e. The quantitative estimate of drug-likeness (QED) is 0.773. The predicted octanol–water partition coefficient (Wildman–Crippen LogP) is 2.49. The van der Waals surface area contributed by atoms with E-state index in [1.165, 1.54) is 5.39 Å². The second kappa shape index (κ2) is 3.29. The fourth-order valence-corrected chi connectivity index (χ4v) is 3.40. The molecule has 2 nitrogen and oxygen atoms in total. The Kier molecular flexibility index (Phi) is 2.04. The van der Waals surface area contributed by atoms with Crippen molar-refractivity contribution in [1.82, 2.24) is 4.98 Å². The summed E-state index contributed by atoms with van der Waals surface area (Å²) in [7, 11) is 0. The van der Waals surface area contributed by atoms with Crippen molar-refractivity contribution in [2.45, 2.75) is 12.0 Å². The van der Waals surface area contributed by atoms with Crippen molar-refractivity contribution in [3.8, 4) is 0 Å². The Hall–Kier alpha value is -0.930. The fraction of sp³-hybridized carbons (Fsp3) is 0.333. The lowest BCUT2D eigenvalue weighted by molar-refractivity contribution is 0.0659. The van der Waals surface area contributed by atoms with E-state index in [1.54, 1.807) is 0 Å². The Morgan fingerprint density at radius 1 is 1.33 bits per heavy atom. The van der Waals surface area contributed by atoms with E-state index in [0.29, 0.717) is 0 Å². The number of nitrogens with one attached hydrogen (secondary N) is 1. The minimum atomic E-state index is -0.601. The summed E-state index contributed by atoms with van der Waals surface area (Å²) in [5.74, 6) is 1.88. The number of aromatic nitrogens is 1. The van der Waals surface area contributed by atoms with Crippen molar-refractivity contribution >= 4 is 22.7 Å². The van der Waals surface area contributed by atoms with Crippen LogP contribution in [0.4, 0.5) is 0 Å². The summed E-state index contributed by atoms with van der Waals surface area (Å²) in [5.41, 5.74) is 1.59. The molecule has 0 radical (unpaired) electrons. The molecule has 2 aromatic rings. The number of aromatic amines is 1. The lowest BCUT2D eigenvalue weighted by Gasteiger charge is -2.21. The maximum atomic E-state index is 10.4. The number of rotatable bonds is 1. The molecular formula is C12H13NOS. The topological polar surface area (TPSA) is 36.0 Å². The molecule has 1 aromatic carbocycles. The molecule has 1 aliphatic rings. The highest BCUT2D eigenvalue weighted by molar-refractivity contribution is 7.99. The lowest BCUT2D eigenvalue weighted by atomic mass is 9.92. The third kappa shape index (κ3) is 1.46. The molecule has 1 saturated heterocycles. The minimum absolute atomic E-state index is 0.601. The Balaban J connectivity index is 2.10. The number of thioether (sulfide) groups is 1. The summed E-state index contributed by atoms with van der Waals surface area (Å²) in [4.78, 5) is 3.16. The van der Waals surface area contributed by atoms with Gasteiger partial charge in [-0.15, -0.1) is 0 Å². The molecule has 1 aromatic heterocycles. The van der Waals surface area contributed by atoms with Crippen LogP contribution in [0.3, 0.4) is 0 Å². The normalized spacial score (nSPS) is 26.2. The van der Waals surface area contributed by atoms with Crippen molar-refractivity contribution in [3.63, 3.8) is 0 Å². The summed E-state index contributed by atoms with van der Waals surface area (Å²) >= 11 is 1.83. The molecule has 0 saturated carbocycles. The summed E-state index contributed by atoms with van der Waals surface area (Å²) in [6.07, 6.45) is 2.80. The zero-order chi connectivity index (χ0) is 10.3. The smallest absolute Gasteiger partial charge is 0.0994 e. The highest BCUT2D eigenvalue weighted by Gasteiger charge is 2.33. The Labute approximate surface area is 92.7 Å². The first-order valence-corrected chi connectivity index (χ1v) is 6.31. The average Bonchev–Trinajstić information content (AvgIpc) is 2.85. The minimum Gasteiger partial charge on any atom is -0.384 e. The van der Waals surface area contributed by atoms with Crippen molar-refractivity contribution in [3.05, 3.63) is 36.0 Å². The summed E-state index contributed by atoms with van der Waals surface area (Å²) < 4.78 is 0. The van der Waals surface area contributed by atoms with Crippen LogP contribution in [-0.2, 0) is 5.60 Å². The lowest BCUT2D eigenvalue weighted by Crippen LogP contribution is -2.24. The summed E-state index contributed by atoms with van der Waals surface area (Å²) in [6.45, 7) is 0. The first kappa shape index (κ1) is 9.31. The molecule has 1 atom stereocenters. The molecule has 1 fully saturated rings. The highest BCUT2D eigenvalue weighted by atomic mass is 32.2. The van der Waals surface area contributed by atoms with Gasteiger partial charge >= 0.3 is 0 Å². The zero-order valence-electron chi connectivity index (χ0n) is 8.36. The van der Waals surface area contributed by atoms with E-state index >= 15 is 0 Å². The molecule has 78 valence electrons. The van der Waals surface area contributed by atoms with Gasteiger partial charge in [0.15, 0.2) is 0 Å². The third-order valence-electron chi connectivity index (χ3n) is 3.09. The molecule has 0 spiro atoms. The van der Waals surface area contributed by atoms with Gasteiger partial charge in [-0.3, -0.25) is 0 Å². The molecule has 3 rings (SSSR count). The summed E-state index contributed by atoms with van der Waals surface area (Å²) in [5, 5.41) is 11.6. The number of aliphatic hydroxyl groups is 1. The SMILES string of the molecule is OC1(c2ccc3[nH]ccc3c2)CCSC1. The van der Waals surface area contributed by atoms with Gasteiger partial charge in [-0.2, -0.15) is 11.8 Å². The molecule has 3 heteroatoms. The first-order valence-electron chi connectivity index (χ1n) is 5.16. The second-order valence-electron chi connectivity index (χ2n) is 4.11. The number of fused-ring (bicyclic) bond motifs is 1. The van der Waals surface area contributed by atoms with Crippen LogP contribution in [0.1, 0.15) is 12.0 Å². The molecule has 1 aliphatic heterocycles. The van der Waals surface area contributed by atoms with Crippen molar-refractivity contribution in [2.24, 2.45) is 0 Å². The predicted molar refractivity (Wildman–Crippen MR) is 64.1 cm³/mol. The van der Waals surface area contributed by atoms with Gasteiger partial charge in [-0.05, 0) is 41.3 Å². The van der Waals surface area contributed by atoms with Gasteiger partial charge < -0.3 is 10.1 Å². The van der Waals surface area contributed by atoms with Crippen LogP contribution in [0.15, 0.2) is 30.5 Å². The molecule has 0 amide bonds. The monoisotopic (exact) mass is 219 g/mol. The van der Waals surface area contributed by atoms with Crippen LogP contribution in [0.25, 0.3) is 10.9 Å². The number of benzene rings is 1. The number of hydrogen-bond donors (Lipinski definition) is 2. The van der Waals surface area contributed by atoms with Crippen LogP contribution in [0.2, 0.25) is 0 Å². The fourth-order valence-electron chi connectivity index (χ4n) is 2.12. The van der Waals surface area contributed by atoms with Gasteiger partial charge in [0.1, 0.15) is 0 Å². The van der Waals surface area contributed by atoms with Gasteiger partial charge in [-0.25, -0.2) is 0 Å². The molecule has 0 bridgehead atoms. The maximum Gasteiger partial charge on any atom is 0.0994 e. The average molecular weight is 219 g/mol. The van der Waals surface area contributed by atoms with E-state index in [-0.39, 0.29) is 0 Å². The first-order chi connectivity index (χ1) is 7.28. The van der Waals surface area contributed by atoms with E-state index in [4.69, 9.17) is 0 Å². The molecular weight excluding hydrogens is 206 g/mol. The molecule has 1 unspecified atom stereocenters. The van der Waals surface area contributed by atoms with Gasteiger partial charge in [-0.1, -0.05) is 6.07 Å². The maximum absolute atomic E-state index is 10.4. The third-order valence-corrected chi connectivity index (χ3v) is 4.27. The van der Waals surface area contributed by atoms with Crippen LogP contribution < -0.4 is 0 Å². The van der Waals surface area contributed by atoms with Gasteiger partial charge in [0, 0.05) is 17.5 Å². The van der Waals surface area contributed by atoms with Gasteiger partial charge in [0.2, 0.25) is 0 Å². The van der Waals surface area contributed by atoms with E-state index in [2.05, 4.69) is 11.1 Å². The van der Waals surface area contributed by atoms with Crippen LogP contribution in [0, 0.1) is 0 Å². The van der Waals surface area contributed by atoms with E-state index in [9.17, 15) is 5.11 Å². The van der Waals surface area contributed by atoms with Crippen LogP contribution in [0.5, 0.6) is 0 Å². The highest BCUT2D eigenvalue weighted by Crippen LogP contribution is 2.37. The molecule has 2 heterocycles. The van der Waals surface area contributed by atoms with Crippen LogP contribution in [-0.4, -0.2) is 21.6 Å². The van der Waals surface area contributed by atoms with Gasteiger partial charge in [0.25, 0.3) is 0 Å². The Bertz CT molecular complexity index is 485. The summed E-state index contributed by atoms with van der Waals surface area (Å²) in [6, 6.07) is 8.22. The van der Waals surface area contributed by atoms with E-state index in [1.807, 2.05) is 36.2 Å². The molecule has 2 N–H and O–H groups in total. The zero-order valence-corrected chi connectivity index (χ0v) is 9.18. The standard InChI is InChI=1S/C12H13NOS/c14-12(4-6-15-8-12)10-1-2-11-9(7-10)3-5-13-11/h1-3,5,7,13-14H,4,6,8H2. The number of H-pyrrole nitrogens is 1. The van der Waals surface area contributed by atoms with Gasteiger partial charge in [0.05, 0.1) is 5.60 Å². The molecule has 0 aliphatic carbocycles. The Morgan fingerprint density at radius 3 is 3.07 bits per heavy atom. The second-order valence-corrected chi connectivity index (χ2v) is 5.22. The van der Waals surface area contributed by atoms with Crippen molar-refractivity contribution < 1.29 is 5.11 Å². The van der Waals surface area contributed by atoms with Crippen LogP contribution >= 0.6 is 11.8 Å². The Morgan fingerprint density at radius 2 is 2.27 bits per heavy atom. The van der Waals surface area contributed by atoms with Crippen molar-refractivity contribution in [2.75, 3.05) is 11.5 Å². The van der Waals surface area contributed by atoms with E-state index < -0.39 is 5.60 Å². The number of hydrogen-bond acceptors (Lipinski definition) is 2. The van der Waals surface area contributed by atoms with E-state index in [0.717, 1.165) is 29.0 Å². The molecule has 15 heavy (non-hydrogen) atoms. The van der Waals surface area contributed by atoms with Crippen molar-refractivity contribution in [1.29, 1.82) is 0 Å².